The molecule has 0 N–H and O–H groups in total. The predicted octanol–water partition coefficient (Wildman–Crippen LogP) is 1.90. The molecule has 3 heterocycles. The summed E-state index contributed by atoms with van der Waals surface area (Å²) in [5.74, 6) is 1.46. The zero-order valence-corrected chi connectivity index (χ0v) is 13.7. The van der Waals surface area contributed by atoms with Crippen molar-refractivity contribution in [3.05, 3.63) is 40.8 Å². The van der Waals surface area contributed by atoms with Crippen LogP contribution in [0.25, 0.3) is 0 Å². The monoisotopic (exact) mass is 328 g/mol. The summed E-state index contributed by atoms with van der Waals surface area (Å²) in [4.78, 5) is 22.7. The zero-order valence-electron chi connectivity index (χ0n) is 13.7. The molecule has 0 aromatic carbocycles. The van der Waals surface area contributed by atoms with Gasteiger partial charge in [-0.05, 0) is 25.7 Å². The highest BCUT2D eigenvalue weighted by Crippen LogP contribution is 2.30. The highest BCUT2D eigenvalue weighted by atomic mass is 16.5. The summed E-state index contributed by atoms with van der Waals surface area (Å²) in [6.45, 7) is 4.15. The molecule has 0 radical (unpaired) electrons. The SMILES string of the molecule is Cc1cnc(C(=O)N2CCc3onc(COCC4CC4)c3C2)cn1. The second kappa shape index (κ2) is 6.32. The van der Waals surface area contributed by atoms with Crippen molar-refractivity contribution in [2.24, 2.45) is 5.92 Å². The Bertz CT molecular complexity index is 737. The largest absolute Gasteiger partial charge is 0.375 e. The van der Waals surface area contributed by atoms with Crippen LogP contribution in [0.15, 0.2) is 16.9 Å². The highest BCUT2D eigenvalue weighted by molar-refractivity contribution is 5.92. The van der Waals surface area contributed by atoms with Gasteiger partial charge in [0.05, 0.1) is 25.0 Å². The molecule has 0 atom stereocenters. The minimum absolute atomic E-state index is 0.112. The number of aromatic nitrogens is 3. The maximum Gasteiger partial charge on any atom is 0.274 e. The minimum Gasteiger partial charge on any atom is -0.375 e. The van der Waals surface area contributed by atoms with Crippen molar-refractivity contribution in [3.63, 3.8) is 0 Å². The average molecular weight is 328 g/mol. The van der Waals surface area contributed by atoms with Crippen molar-refractivity contribution in [3.8, 4) is 0 Å². The van der Waals surface area contributed by atoms with Crippen LogP contribution in [0.4, 0.5) is 0 Å². The van der Waals surface area contributed by atoms with E-state index >= 15 is 0 Å². The third-order valence-corrected chi connectivity index (χ3v) is 4.49. The molecule has 0 spiro atoms. The molecule has 0 saturated heterocycles. The standard InChI is InChI=1S/C17H20N4O3/c1-11-6-19-14(7-18-11)17(22)21-5-4-16-13(8-21)15(20-24-16)10-23-9-12-2-3-12/h6-7,12H,2-5,8-10H2,1H3. The number of carbonyl (C=O) groups excluding carboxylic acids is 1. The molecule has 7 heteroatoms. The first kappa shape index (κ1) is 15.3. The van der Waals surface area contributed by atoms with Crippen LogP contribution in [0.1, 0.15) is 46.0 Å². The molecule has 1 aliphatic carbocycles. The van der Waals surface area contributed by atoms with Crippen LogP contribution in [0, 0.1) is 12.8 Å². The molecule has 2 aromatic heterocycles. The van der Waals surface area contributed by atoms with E-state index in [9.17, 15) is 4.79 Å². The van der Waals surface area contributed by atoms with Gasteiger partial charge in [-0.2, -0.15) is 0 Å². The molecule has 2 aliphatic rings. The van der Waals surface area contributed by atoms with Gasteiger partial charge in [-0.1, -0.05) is 5.16 Å². The molecule has 2 aromatic rings. The zero-order chi connectivity index (χ0) is 16.5. The van der Waals surface area contributed by atoms with Crippen molar-refractivity contribution < 1.29 is 14.1 Å². The molecule has 1 aliphatic heterocycles. The molecular formula is C17H20N4O3. The van der Waals surface area contributed by atoms with Gasteiger partial charge >= 0.3 is 0 Å². The van der Waals surface area contributed by atoms with E-state index in [0.717, 1.165) is 29.3 Å². The van der Waals surface area contributed by atoms with Gasteiger partial charge in [0.1, 0.15) is 17.1 Å². The Morgan fingerprint density at radius 1 is 1.38 bits per heavy atom. The minimum atomic E-state index is -0.112. The summed E-state index contributed by atoms with van der Waals surface area (Å²) in [6.07, 6.45) is 6.32. The van der Waals surface area contributed by atoms with Crippen molar-refractivity contribution in [1.29, 1.82) is 0 Å². The molecule has 24 heavy (non-hydrogen) atoms. The average Bonchev–Trinajstić information content (AvgIpc) is 3.34. The third-order valence-electron chi connectivity index (χ3n) is 4.49. The summed E-state index contributed by atoms with van der Waals surface area (Å²) >= 11 is 0. The van der Waals surface area contributed by atoms with Gasteiger partial charge in [0.25, 0.3) is 5.91 Å². The van der Waals surface area contributed by atoms with Crippen molar-refractivity contribution >= 4 is 5.91 Å². The number of nitrogens with zero attached hydrogens (tertiary/aromatic N) is 4. The fraction of sp³-hybridized carbons (Fsp3) is 0.529. The summed E-state index contributed by atoms with van der Waals surface area (Å²) in [5.41, 5.74) is 2.94. The molecule has 4 rings (SSSR count). The summed E-state index contributed by atoms with van der Waals surface area (Å²) < 4.78 is 11.1. The number of amides is 1. The number of ether oxygens (including phenoxy) is 1. The Morgan fingerprint density at radius 3 is 3.00 bits per heavy atom. The van der Waals surface area contributed by atoms with Crippen LogP contribution in [0.2, 0.25) is 0 Å². The van der Waals surface area contributed by atoms with E-state index < -0.39 is 0 Å². The van der Waals surface area contributed by atoms with Crippen molar-refractivity contribution in [2.45, 2.75) is 39.3 Å². The quantitative estimate of drug-likeness (QED) is 0.834. The fourth-order valence-corrected chi connectivity index (χ4v) is 2.82. The first-order chi connectivity index (χ1) is 11.7. The van der Waals surface area contributed by atoms with E-state index in [4.69, 9.17) is 9.26 Å². The van der Waals surface area contributed by atoms with E-state index in [1.54, 1.807) is 11.1 Å². The fourth-order valence-electron chi connectivity index (χ4n) is 2.82. The molecule has 0 unspecified atom stereocenters. The van der Waals surface area contributed by atoms with E-state index in [-0.39, 0.29) is 5.91 Å². The normalized spacial score (nSPS) is 17.0. The number of fused-ring (bicyclic) bond motifs is 1. The lowest BCUT2D eigenvalue weighted by Gasteiger charge is -2.25. The van der Waals surface area contributed by atoms with Gasteiger partial charge in [0.2, 0.25) is 0 Å². The van der Waals surface area contributed by atoms with Gasteiger partial charge < -0.3 is 14.2 Å². The van der Waals surface area contributed by atoms with Crippen LogP contribution >= 0.6 is 0 Å². The maximum absolute atomic E-state index is 12.6. The predicted molar refractivity (Wildman–Crippen MR) is 84.1 cm³/mol. The Labute approximate surface area is 140 Å². The Balaban J connectivity index is 1.44. The smallest absolute Gasteiger partial charge is 0.274 e. The van der Waals surface area contributed by atoms with Crippen LogP contribution < -0.4 is 0 Å². The van der Waals surface area contributed by atoms with Gasteiger partial charge in [0, 0.05) is 31.3 Å². The Hall–Kier alpha value is -2.28. The van der Waals surface area contributed by atoms with Crippen LogP contribution in [0.3, 0.4) is 0 Å². The number of aryl methyl sites for hydroxylation is 1. The number of carbonyl (C=O) groups is 1. The molecule has 7 nitrogen and oxygen atoms in total. The van der Waals surface area contributed by atoms with E-state index in [0.29, 0.717) is 37.7 Å². The van der Waals surface area contributed by atoms with Gasteiger partial charge in [-0.3, -0.25) is 9.78 Å². The highest BCUT2D eigenvalue weighted by Gasteiger charge is 2.28. The summed E-state index contributed by atoms with van der Waals surface area (Å²) in [7, 11) is 0. The molecule has 1 fully saturated rings. The second-order valence-electron chi connectivity index (χ2n) is 6.51. The first-order valence-electron chi connectivity index (χ1n) is 8.32. The van der Waals surface area contributed by atoms with E-state index in [1.165, 1.54) is 19.0 Å². The molecule has 1 saturated carbocycles. The van der Waals surface area contributed by atoms with Crippen molar-refractivity contribution in [1.82, 2.24) is 20.0 Å². The number of rotatable bonds is 5. The number of hydrogen-bond donors (Lipinski definition) is 0. The lowest BCUT2D eigenvalue weighted by atomic mass is 10.1. The van der Waals surface area contributed by atoms with E-state index in [2.05, 4.69) is 15.1 Å². The summed E-state index contributed by atoms with van der Waals surface area (Å²) in [5, 5.41) is 4.13. The number of hydrogen-bond acceptors (Lipinski definition) is 6. The molecular weight excluding hydrogens is 308 g/mol. The molecule has 126 valence electrons. The second-order valence-corrected chi connectivity index (χ2v) is 6.51. The van der Waals surface area contributed by atoms with Crippen LogP contribution in [-0.2, 0) is 24.3 Å². The first-order valence-corrected chi connectivity index (χ1v) is 8.32. The third kappa shape index (κ3) is 3.17. The lowest BCUT2D eigenvalue weighted by Crippen LogP contribution is -2.36. The topological polar surface area (TPSA) is 81.4 Å². The Morgan fingerprint density at radius 2 is 2.25 bits per heavy atom. The summed E-state index contributed by atoms with van der Waals surface area (Å²) in [6, 6.07) is 0. The van der Waals surface area contributed by atoms with E-state index in [1.807, 2.05) is 6.92 Å². The molecule has 0 bridgehead atoms. The van der Waals surface area contributed by atoms with Crippen LogP contribution in [-0.4, -0.2) is 39.1 Å². The van der Waals surface area contributed by atoms with Gasteiger partial charge in [0.15, 0.2) is 0 Å². The maximum atomic E-state index is 12.6. The van der Waals surface area contributed by atoms with Crippen molar-refractivity contribution in [2.75, 3.05) is 13.2 Å². The lowest BCUT2D eigenvalue weighted by molar-refractivity contribution is 0.0719. The molecule has 1 amide bonds. The van der Waals surface area contributed by atoms with Gasteiger partial charge in [-0.15, -0.1) is 0 Å². The Kier molecular flexibility index (Phi) is 4.02. The van der Waals surface area contributed by atoms with Gasteiger partial charge in [-0.25, -0.2) is 4.98 Å². The van der Waals surface area contributed by atoms with Crippen LogP contribution in [0.5, 0.6) is 0 Å².